The maximum atomic E-state index is 12.1. The first-order valence-electron chi connectivity index (χ1n) is 7.65. The number of benzene rings is 2. The van der Waals surface area contributed by atoms with Crippen LogP contribution in [-0.2, 0) is 29.1 Å². The maximum absolute atomic E-state index is 12.1. The molecule has 0 aliphatic rings. The third-order valence-corrected chi connectivity index (χ3v) is 3.62. The van der Waals surface area contributed by atoms with Gasteiger partial charge in [0, 0.05) is 6.54 Å². The summed E-state index contributed by atoms with van der Waals surface area (Å²) in [6, 6.07) is 13.9. The molecule has 0 saturated carbocycles. The van der Waals surface area contributed by atoms with Crippen molar-refractivity contribution in [2.75, 3.05) is 0 Å². The van der Waals surface area contributed by atoms with Crippen LogP contribution in [-0.4, -0.2) is 26.2 Å². The Bertz CT molecular complexity index is 808. The zero-order chi connectivity index (χ0) is 16.1. The Morgan fingerprint density at radius 3 is 2.87 bits per heavy atom. The van der Waals surface area contributed by atoms with Gasteiger partial charge in [0.25, 0.3) is 0 Å². The molecule has 0 unspecified atom stereocenters. The predicted molar refractivity (Wildman–Crippen MR) is 85.6 cm³/mol. The molecule has 0 aliphatic carbocycles. The lowest BCUT2D eigenvalue weighted by molar-refractivity contribution is -0.144. The van der Waals surface area contributed by atoms with Gasteiger partial charge in [-0.25, -0.2) is 4.68 Å². The Hall–Kier alpha value is -2.76. The van der Waals surface area contributed by atoms with Gasteiger partial charge in [-0.1, -0.05) is 49.4 Å². The van der Waals surface area contributed by atoms with Crippen molar-refractivity contribution in [3.05, 3.63) is 53.9 Å². The molecule has 3 rings (SSSR count). The van der Waals surface area contributed by atoms with Crippen LogP contribution in [0.15, 0.2) is 42.5 Å². The summed E-state index contributed by atoms with van der Waals surface area (Å²) in [7, 11) is 0. The van der Waals surface area contributed by atoms with Crippen molar-refractivity contribution in [1.82, 2.24) is 20.2 Å². The lowest BCUT2D eigenvalue weighted by atomic mass is 10.0. The maximum Gasteiger partial charge on any atom is 0.310 e. The van der Waals surface area contributed by atoms with Gasteiger partial charge in [0.2, 0.25) is 0 Å². The standard InChI is InChI=1S/C17H18N4O2/c1-2-10-21-16(18-19-20-21)12-23-17(22)11-14-8-5-7-13-6-3-4-9-15(13)14/h3-9H,2,10-12H2,1H3. The van der Waals surface area contributed by atoms with Gasteiger partial charge in [0.1, 0.15) is 0 Å². The number of hydrogen-bond donors (Lipinski definition) is 0. The minimum atomic E-state index is -0.285. The van der Waals surface area contributed by atoms with E-state index in [2.05, 4.69) is 15.5 Å². The monoisotopic (exact) mass is 310 g/mol. The zero-order valence-electron chi connectivity index (χ0n) is 13.0. The molecule has 118 valence electrons. The van der Waals surface area contributed by atoms with Gasteiger partial charge in [-0.05, 0) is 33.2 Å². The lowest BCUT2D eigenvalue weighted by Crippen LogP contribution is -2.12. The van der Waals surface area contributed by atoms with Crippen LogP contribution >= 0.6 is 0 Å². The van der Waals surface area contributed by atoms with E-state index < -0.39 is 0 Å². The van der Waals surface area contributed by atoms with Gasteiger partial charge < -0.3 is 4.74 Å². The smallest absolute Gasteiger partial charge is 0.310 e. The van der Waals surface area contributed by atoms with Gasteiger partial charge in [-0.15, -0.1) is 5.10 Å². The lowest BCUT2D eigenvalue weighted by Gasteiger charge is -2.07. The van der Waals surface area contributed by atoms with Crippen molar-refractivity contribution >= 4 is 16.7 Å². The minimum Gasteiger partial charge on any atom is -0.457 e. The Morgan fingerprint density at radius 1 is 1.17 bits per heavy atom. The van der Waals surface area contributed by atoms with Gasteiger partial charge in [0.05, 0.1) is 6.42 Å². The summed E-state index contributed by atoms with van der Waals surface area (Å²) in [5.41, 5.74) is 0.959. The van der Waals surface area contributed by atoms with E-state index in [9.17, 15) is 4.79 Å². The fraction of sp³-hybridized carbons (Fsp3) is 0.294. The van der Waals surface area contributed by atoms with Crippen LogP contribution in [0.25, 0.3) is 10.8 Å². The highest BCUT2D eigenvalue weighted by Gasteiger charge is 2.11. The van der Waals surface area contributed by atoms with E-state index in [0.29, 0.717) is 12.4 Å². The van der Waals surface area contributed by atoms with E-state index in [1.54, 1.807) is 4.68 Å². The molecule has 3 aromatic rings. The summed E-state index contributed by atoms with van der Waals surface area (Å²) < 4.78 is 6.98. The summed E-state index contributed by atoms with van der Waals surface area (Å²) in [5, 5.41) is 13.6. The van der Waals surface area contributed by atoms with Crippen molar-refractivity contribution in [3.8, 4) is 0 Å². The molecule has 0 N–H and O–H groups in total. The van der Waals surface area contributed by atoms with Gasteiger partial charge in [-0.3, -0.25) is 4.79 Å². The SMILES string of the molecule is CCCn1nnnc1COC(=O)Cc1cccc2ccccc12. The average Bonchev–Trinajstić information content (AvgIpc) is 3.01. The summed E-state index contributed by atoms with van der Waals surface area (Å²) in [5.74, 6) is 0.283. The number of aryl methyl sites for hydroxylation is 1. The van der Waals surface area contributed by atoms with E-state index in [0.717, 1.165) is 22.8 Å². The number of esters is 1. The number of carbonyl (C=O) groups is 1. The number of tetrazole rings is 1. The van der Waals surface area contributed by atoms with E-state index in [1.165, 1.54) is 0 Å². The van der Waals surface area contributed by atoms with Gasteiger partial charge in [-0.2, -0.15) is 0 Å². The van der Waals surface area contributed by atoms with Gasteiger partial charge in [0.15, 0.2) is 12.4 Å². The Kier molecular flexibility index (Phi) is 4.61. The van der Waals surface area contributed by atoms with Crippen molar-refractivity contribution in [1.29, 1.82) is 0 Å². The molecule has 0 atom stereocenters. The van der Waals surface area contributed by atoms with Crippen molar-refractivity contribution < 1.29 is 9.53 Å². The first kappa shape index (κ1) is 15.1. The third-order valence-electron chi connectivity index (χ3n) is 3.62. The molecule has 6 nitrogen and oxygen atoms in total. The highest BCUT2D eigenvalue weighted by atomic mass is 16.5. The fourth-order valence-corrected chi connectivity index (χ4v) is 2.51. The van der Waals surface area contributed by atoms with E-state index in [4.69, 9.17) is 4.74 Å². The molecule has 1 heterocycles. The van der Waals surface area contributed by atoms with Crippen molar-refractivity contribution in [2.24, 2.45) is 0 Å². The first-order valence-corrected chi connectivity index (χ1v) is 7.65. The number of ether oxygens (including phenoxy) is 1. The van der Waals surface area contributed by atoms with Crippen LogP contribution in [0.1, 0.15) is 24.7 Å². The molecule has 1 aromatic heterocycles. The number of nitrogens with zero attached hydrogens (tertiary/aromatic N) is 4. The second kappa shape index (κ2) is 7.00. The second-order valence-corrected chi connectivity index (χ2v) is 5.29. The van der Waals surface area contributed by atoms with Crippen LogP contribution in [0.3, 0.4) is 0 Å². The molecule has 23 heavy (non-hydrogen) atoms. The molecule has 0 saturated heterocycles. The number of aromatic nitrogens is 4. The molecule has 6 heteroatoms. The largest absolute Gasteiger partial charge is 0.457 e. The average molecular weight is 310 g/mol. The zero-order valence-corrected chi connectivity index (χ0v) is 13.0. The predicted octanol–water partition coefficient (Wildman–Crippen LogP) is 2.52. The fourth-order valence-electron chi connectivity index (χ4n) is 2.51. The van der Waals surface area contributed by atoms with E-state index in [-0.39, 0.29) is 19.0 Å². The number of rotatable bonds is 6. The number of carbonyl (C=O) groups excluding carboxylic acids is 1. The summed E-state index contributed by atoms with van der Waals surface area (Å²) in [6.45, 7) is 2.85. The minimum absolute atomic E-state index is 0.0938. The van der Waals surface area contributed by atoms with Crippen LogP contribution < -0.4 is 0 Å². The Balaban J connectivity index is 1.66. The molecular formula is C17H18N4O2. The normalized spacial score (nSPS) is 10.8. The quantitative estimate of drug-likeness (QED) is 0.654. The second-order valence-electron chi connectivity index (χ2n) is 5.29. The molecule has 0 aliphatic heterocycles. The first-order chi connectivity index (χ1) is 11.3. The molecule has 0 bridgehead atoms. The number of fused-ring (bicyclic) bond motifs is 1. The van der Waals surface area contributed by atoms with Crippen LogP contribution in [0.2, 0.25) is 0 Å². The van der Waals surface area contributed by atoms with Crippen molar-refractivity contribution in [2.45, 2.75) is 32.9 Å². The van der Waals surface area contributed by atoms with Crippen LogP contribution in [0, 0.1) is 0 Å². The molecule has 0 radical (unpaired) electrons. The molecule has 2 aromatic carbocycles. The van der Waals surface area contributed by atoms with E-state index >= 15 is 0 Å². The van der Waals surface area contributed by atoms with Crippen molar-refractivity contribution in [3.63, 3.8) is 0 Å². The van der Waals surface area contributed by atoms with Gasteiger partial charge >= 0.3 is 5.97 Å². The Morgan fingerprint density at radius 2 is 2.00 bits per heavy atom. The molecular weight excluding hydrogens is 292 g/mol. The molecule has 0 spiro atoms. The topological polar surface area (TPSA) is 69.9 Å². The summed E-state index contributed by atoms with van der Waals surface area (Å²) in [6.07, 6.45) is 1.15. The highest BCUT2D eigenvalue weighted by molar-refractivity contribution is 5.88. The number of hydrogen-bond acceptors (Lipinski definition) is 5. The Labute approximate surface area is 134 Å². The highest BCUT2D eigenvalue weighted by Crippen LogP contribution is 2.19. The van der Waals surface area contributed by atoms with Crippen LogP contribution in [0.4, 0.5) is 0 Å². The molecule has 0 amide bonds. The van der Waals surface area contributed by atoms with E-state index in [1.807, 2.05) is 49.4 Å². The third kappa shape index (κ3) is 3.53. The molecule has 0 fully saturated rings. The summed E-state index contributed by atoms with van der Waals surface area (Å²) in [4.78, 5) is 12.1. The summed E-state index contributed by atoms with van der Waals surface area (Å²) >= 11 is 0. The van der Waals surface area contributed by atoms with Crippen LogP contribution in [0.5, 0.6) is 0 Å².